The quantitative estimate of drug-likeness (QED) is 0.135. The number of carbonyl (C=O) groups is 1. The summed E-state index contributed by atoms with van der Waals surface area (Å²) in [6, 6.07) is 0. The molecule has 0 rings (SSSR count). The van der Waals surface area contributed by atoms with Gasteiger partial charge in [-0.05, 0) is 12.8 Å². The van der Waals surface area contributed by atoms with Crippen LogP contribution >= 0.6 is 0 Å². The molecule has 0 bridgehead atoms. The Morgan fingerprint density at radius 3 is 1.76 bits per heavy atom. The van der Waals surface area contributed by atoms with Crippen LogP contribution in [0.1, 0.15) is 71.1 Å². The molecule has 0 unspecified atom stereocenters. The van der Waals surface area contributed by atoms with Gasteiger partial charge in [0, 0.05) is 6.08 Å². The van der Waals surface area contributed by atoms with Crippen molar-refractivity contribution in [3.8, 4) is 0 Å². The first-order chi connectivity index (χ1) is 14.2. The van der Waals surface area contributed by atoms with E-state index in [4.69, 9.17) is 14.9 Å². The average molecular weight is 405 g/mol. The number of allylic oxidation sites excluding steroid dienone is 9. The molecule has 29 heavy (non-hydrogen) atoms. The van der Waals surface area contributed by atoms with E-state index in [2.05, 4.69) is 19.1 Å². The zero-order valence-corrected chi connectivity index (χ0v) is 18.0. The number of ether oxygens (including phenoxy) is 1. The molecule has 0 aromatic carbocycles. The topological polar surface area (TPSA) is 66.8 Å². The molecule has 0 aromatic rings. The fourth-order valence-corrected chi connectivity index (χ4v) is 2.60. The lowest BCUT2D eigenvalue weighted by Gasteiger charge is -2.09. The molecular formula is C25H40O4. The van der Waals surface area contributed by atoms with Crippen LogP contribution < -0.4 is 0 Å². The lowest BCUT2D eigenvalue weighted by molar-refractivity contribution is -0.147. The van der Waals surface area contributed by atoms with Crippen LogP contribution in [0.3, 0.4) is 0 Å². The van der Waals surface area contributed by atoms with Crippen LogP contribution in [-0.4, -0.2) is 35.5 Å². The summed E-state index contributed by atoms with van der Waals surface area (Å²) in [5.74, 6) is -0.594. The number of aliphatic hydroxyl groups excluding tert-OH is 2. The Kier molecular flexibility index (Phi) is 20.9. The van der Waals surface area contributed by atoms with E-state index < -0.39 is 25.3 Å². The highest BCUT2D eigenvalue weighted by molar-refractivity contribution is 5.82. The summed E-state index contributed by atoms with van der Waals surface area (Å²) < 4.78 is 4.79. The van der Waals surface area contributed by atoms with Crippen LogP contribution in [0.25, 0.3) is 0 Å². The Hall–Kier alpha value is -1.91. The largest absolute Gasteiger partial charge is 0.454 e. The van der Waals surface area contributed by atoms with Crippen molar-refractivity contribution in [2.45, 2.75) is 77.2 Å². The lowest BCUT2D eigenvalue weighted by atomic mass is 10.1. The molecule has 0 amide bonds. The summed E-state index contributed by atoms with van der Waals surface area (Å²) >= 11 is 0. The van der Waals surface area contributed by atoms with Crippen molar-refractivity contribution in [2.24, 2.45) is 0 Å². The van der Waals surface area contributed by atoms with Crippen molar-refractivity contribution in [3.63, 3.8) is 0 Å². The van der Waals surface area contributed by atoms with Crippen molar-refractivity contribution in [1.29, 1.82) is 0 Å². The molecule has 164 valence electrons. The fraction of sp³-hybridized carbons (Fsp3) is 0.560. The molecule has 0 saturated carbocycles. The standard InChI is InChI=1S/C25H40O4/c1-2-3-4-5-6-7-8-9-10-11-12-13-14-15-16-17-18-19-20-21-25(28)29-24(22-26)23-27/h12-21,24,26-27H,2-11,22-23H2,1H3. The van der Waals surface area contributed by atoms with Crippen LogP contribution in [0.4, 0.5) is 0 Å². The summed E-state index contributed by atoms with van der Waals surface area (Å²) in [6.07, 6.45) is 30.9. The molecule has 0 aliphatic carbocycles. The summed E-state index contributed by atoms with van der Waals surface area (Å²) in [7, 11) is 0. The molecule has 0 fully saturated rings. The maximum absolute atomic E-state index is 11.4. The first kappa shape index (κ1) is 27.1. The smallest absolute Gasteiger partial charge is 0.331 e. The average Bonchev–Trinajstić information content (AvgIpc) is 2.73. The minimum absolute atomic E-state index is 0.394. The van der Waals surface area contributed by atoms with E-state index in [1.165, 1.54) is 63.9 Å². The SMILES string of the molecule is CCCCCCCCCCCC=CC=CC=CC=CC=CC(=O)OC(CO)CO. The van der Waals surface area contributed by atoms with Gasteiger partial charge in [0.05, 0.1) is 13.2 Å². The molecule has 4 heteroatoms. The maximum atomic E-state index is 11.4. The molecule has 2 N–H and O–H groups in total. The van der Waals surface area contributed by atoms with Crippen LogP contribution in [0.5, 0.6) is 0 Å². The van der Waals surface area contributed by atoms with Gasteiger partial charge in [0.25, 0.3) is 0 Å². The zero-order chi connectivity index (χ0) is 21.4. The number of esters is 1. The van der Waals surface area contributed by atoms with Gasteiger partial charge >= 0.3 is 5.97 Å². The molecule has 4 nitrogen and oxygen atoms in total. The van der Waals surface area contributed by atoms with E-state index in [9.17, 15) is 4.79 Å². The van der Waals surface area contributed by atoms with E-state index >= 15 is 0 Å². The Balaban J connectivity index is 3.65. The monoisotopic (exact) mass is 404 g/mol. The van der Waals surface area contributed by atoms with E-state index in [1.54, 1.807) is 18.2 Å². The Bertz CT molecular complexity index is 511. The highest BCUT2D eigenvalue weighted by Gasteiger charge is 2.08. The Labute approximate surface area is 177 Å². The van der Waals surface area contributed by atoms with Gasteiger partial charge in [-0.3, -0.25) is 0 Å². The second kappa shape index (κ2) is 22.4. The van der Waals surface area contributed by atoms with Gasteiger partial charge in [-0.1, -0.05) is 113 Å². The highest BCUT2D eigenvalue weighted by atomic mass is 16.6. The molecule has 0 saturated heterocycles. The number of unbranched alkanes of at least 4 members (excludes halogenated alkanes) is 9. The normalized spacial score (nSPS) is 12.7. The van der Waals surface area contributed by atoms with E-state index in [0.717, 1.165) is 6.42 Å². The molecule has 0 radical (unpaired) electrons. The van der Waals surface area contributed by atoms with Crippen molar-refractivity contribution < 1.29 is 19.7 Å². The number of rotatable bonds is 18. The fourth-order valence-electron chi connectivity index (χ4n) is 2.60. The maximum Gasteiger partial charge on any atom is 0.331 e. The van der Waals surface area contributed by atoms with Gasteiger partial charge in [-0.2, -0.15) is 0 Å². The predicted octanol–water partition coefficient (Wildman–Crippen LogP) is 5.58. The summed E-state index contributed by atoms with van der Waals surface area (Å²) in [5, 5.41) is 17.6. The number of hydrogen-bond acceptors (Lipinski definition) is 4. The van der Waals surface area contributed by atoms with Crippen LogP contribution in [0.15, 0.2) is 60.8 Å². The molecule has 0 spiro atoms. The van der Waals surface area contributed by atoms with E-state index in [-0.39, 0.29) is 0 Å². The molecule has 0 aliphatic heterocycles. The summed E-state index contributed by atoms with van der Waals surface area (Å²) in [6.45, 7) is 1.47. The van der Waals surface area contributed by atoms with Gasteiger partial charge in [-0.15, -0.1) is 0 Å². The van der Waals surface area contributed by atoms with Crippen molar-refractivity contribution in [1.82, 2.24) is 0 Å². The number of hydrogen-bond donors (Lipinski definition) is 2. The van der Waals surface area contributed by atoms with Gasteiger partial charge < -0.3 is 14.9 Å². The van der Waals surface area contributed by atoms with Gasteiger partial charge in [0.2, 0.25) is 0 Å². The predicted molar refractivity (Wildman–Crippen MR) is 122 cm³/mol. The van der Waals surface area contributed by atoms with Crippen LogP contribution in [0, 0.1) is 0 Å². The third kappa shape index (κ3) is 20.6. The van der Waals surface area contributed by atoms with Crippen LogP contribution in [0.2, 0.25) is 0 Å². The summed E-state index contributed by atoms with van der Waals surface area (Å²) in [5.41, 5.74) is 0. The highest BCUT2D eigenvalue weighted by Crippen LogP contribution is 2.10. The summed E-state index contributed by atoms with van der Waals surface area (Å²) in [4.78, 5) is 11.4. The molecule has 0 aromatic heterocycles. The van der Waals surface area contributed by atoms with Crippen molar-refractivity contribution in [3.05, 3.63) is 60.8 Å². The third-order valence-corrected chi connectivity index (χ3v) is 4.31. The van der Waals surface area contributed by atoms with Gasteiger partial charge in [0.15, 0.2) is 0 Å². The molecule has 0 atom stereocenters. The minimum Gasteiger partial charge on any atom is -0.454 e. The third-order valence-electron chi connectivity index (χ3n) is 4.31. The number of aliphatic hydroxyl groups is 2. The zero-order valence-electron chi connectivity index (χ0n) is 18.0. The van der Waals surface area contributed by atoms with Crippen molar-refractivity contribution >= 4 is 5.97 Å². The second-order valence-electron chi connectivity index (χ2n) is 6.98. The number of carbonyl (C=O) groups excluding carboxylic acids is 1. The van der Waals surface area contributed by atoms with E-state index in [0.29, 0.717) is 0 Å². The first-order valence-corrected chi connectivity index (χ1v) is 11.0. The van der Waals surface area contributed by atoms with E-state index in [1.807, 2.05) is 24.3 Å². The molecular weight excluding hydrogens is 364 g/mol. The van der Waals surface area contributed by atoms with Crippen molar-refractivity contribution in [2.75, 3.05) is 13.2 Å². The van der Waals surface area contributed by atoms with Crippen LogP contribution in [-0.2, 0) is 9.53 Å². The second-order valence-corrected chi connectivity index (χ2v) is 6.98. The van der Waals surface area contributed by atoms with Gasteiger partial charge in [-0.25, -0.2) is 4.79 Å². The minimum atomic E-state index is -0.866. The molecule has 0 aliphatic rings. The Morgan fingerprint density at radius 2 is 1.21 bits per heavy atom. The molecule has 0 heterocycles. The first-order valence-electron chi connectivity index (χ1n) is 11.0. The Morgan fingerprint density at radius 1 is 0.724 bits per heavy atom. The van der Waals surface area contributed by atoms with Gasteiger partial charge in [0.1, 0.15) is 6.10 Å². The lowest BCUT2D eigenvalue weighted by Crippen LogP contribution is -2.24.